The number of carboxylic acid groups (broad SMARTS) is 2. The predicted octanol–water partition coefficient (Wildman–Crippen LogP) is 7.10. The summed E-state index contributed by atoms with van der Waals surface area (Å²) in [5.41, 5.74) is 0.0834. The topological polar surface area (TPSA) is 209 Å². The molecular weight excluding hydrogens is 740 g/mol. The van der Waals surface area contributed by atoms with E-state index in [0.29, 0.717) is 28.4 Å². The highest BCUT2D eigenvalue weighted by Gasteiger charge is 2.25. The van der Waals surface area contributed by atoms with Gasteiger partial charge in [-0.05, 0) is 63.2 Å². The van der Waals surface area contributed by atoms with Gasteiger partial charge in [0.2, 0.25) is 0 Å². The number of ketones is 1. The van der Waals surface area contributed by atoms with Crippen LogP contribution in [-0.4, -0.2) is 47.5 Å². The molecule has 0 aliphatic heterocycles. The van der Waals surface area contributed by atoms with E-state index in [1.54, 1.807) is 68.4 Å². The quantitative estimate of drug-likeness (QED) is 0.0973. The average molecular weight is 774 g/mol. The summed E-state index contributed by atoms with van der Waals surface area (Å²) in [6, 6.07) is 25.7. The van der Waals surface area contributed by atoms with Gasteiger partial charge in [-0.1, -0.05) is 48.5 Å². The number of hydrogen-bond acceptors (Lipinski definition) is 10. The third kappa shape index (κ3) is 9.12. The molecule has 6 rings (SSSR count). The van der Waals surface area contributed by atoms with Crippen molar-refractivity contribution in [3.8, 4) is 28.6 Å². The van der Waals surface area contributed by atoms with E-state index in [1.807, 2.05) is 12.1 Å². The number of anilines is 4. The molecule has 0 atom stereocenters. The van der Waals surface area contributed by atoms with Crippen molar-refractivity contribution >= 4 is 40.5 Å². The van der Waals surface area contributed by atoms with Crippen LogP contribution in [0, 0.1) is 23.0 Å². The minimum atomic E-state index is -1.26. The van der Waals surface area contributed by atoms with Gasteiger partial charge in [0, 0.05) is 41.7 Å². The van der Waals surface area contributed by atoms with Crippen LogP contribution in [0.15, 0.2) is 107 Å². The first-order valence-electron chi connectivity index (χ1n) is 17.2. The monoisotopic (exact) mass is 773 g/mol. The third-order valence-corrected chi connectivity index (χ3v) is 8.30. The van der Waals surface area contributed by atoms with Crippen LogP contribution in [0.2, 0.25) is 0 Å². The fourth-order valence-corrected chi connectivity index (χ4v) is 5.73. The van der Waals surface area contributed by atoms with E-state index in [0.717, 1.165) is 16.8 Å². The lowest BCUT2D eigenvalue weighted by atomic mass is 10.0. The van der Waals surface area contributed by atoms with Crippen LogP contribution in [0.1, 0.15) is 57.4 Å². The SMILES string of the molecule is CCn1nc(-c2cccc(C(=O)O)c2)c(C(C)=O)c(Nc2cc(F)cc(F)c2)c1=O.CCn1nc(-c2ccccc2)c(C(=O)O)c(Nc2cccc(C#N)c2)c1=O. The van der Waals surface area contributed by atoms with Crippen molar-refractivity contribution in [3.63, 3.8) is 0 Å². The zero-order valence-electron chi connectivity index (χ0n) is 30.6. The Morgan fingerprint density at radius 1 is 0.684 bits per heavy atom. The molecular formula is C41H33F2N7O7. The lowest BCUT2D eigenvalue weighted by Crippen LogP contribution is -2.28. The molecule has 16 heteroatoms. The van der Waals surface area contributed by atoms with Crippen molar-refractivity contribution in [1.82, 2.24) is 19.6 Å². The van der Waals surface area contributed by atoms with Gasteiger partial charge in [0.05, 0.1) is 22.8 Å². The summed E-state index contributed by atoms with van der Waals surface area (Å²) in [4.78, 5) is 61.4. The standard InChI is InChI=1S/C21H17F2N3O4.C20H16N4O3/c1-3-26-20(28)19(24-16-9-14(22)8-15(23)10-16)17(11(2)27)18(25-26)12-5-4-6-13(7-12)21(29)30;1-2-24-19(25)18(22-15-10-6-7-13(11-15)12-21)16(20(26)27)17(23-24)14-8-4-3-5-9-14/h4-10,24H,3H2,1-2H3,(H,29,30);3-11,22H,2H2,1H3,(H,26,27). The second kappa shape index (κ2) is 17.6. The van der Waals surface area contributed by atoms with E-state index < -0.39 is 40.5 Å². The van der Waals surface area contributed by atoms with E-state index in [-0.39, 0.29) is 58.2 Å². The van der Waals surface area contributed by atoms with Gasteiger partial charge in [0.15, 0.2) is 5.78 Å². The van der Waals surface area contributed by atoms with E-state index in [4.69, 9.17) is 5.26 Å². The zero-order valence-corrected chi connectivity index (χ0v) is 30.6. The number of rotatable bonds is 11. The van der Waals surface area contributed by atoms with Crippen LogP contribution in [0.5, 0.6) is 0 Å². The molecule has 0 amide bonds. The molecule has 0 bridgehead atoms. The first kappa shape index (κ1) is 40.4. The first-order chi connectivity index (χ1) is 27.3. The number of nitrogens with one attached hydrogen (secondary N) is 2. The van der Waals surface area contributed by atoms with Crippen molar-refractivity contribution in [2.45, 2.75) is 33.9 Å². The minimum absolute atomic E-state index is 0.0280. The molecule has 0 saturated carbocycles. The summed E-state index contributed by atoms with van der Waals surface area (Å²) in [5, 5.41) is 42.1. The van der Waals surface area contributed by atoms with Gasteiger partial charge in [0.1, 0.15) is 40.0 Å². The van der Waals surface area contributed by atoms with E-state index in [9.17, 15) is 43.0 Å². The van der Waals surface area contributed by atoms with Crippen LogP contribution in [0.4, 0.5) is 31.5 Å². The van der Waals surface area contributed by atoms with Crippen LogP contribution in [-0.2, 0) is 13.1 Å². The maximum atomic E-state index is 13.6. The number of carbonyl (C=O) groups excluding carboxylic acids is 1. The van der Waals surface area contributed by atoms with E-state index in [2.05, 4.69) is 20.8 Å². The summed E-state index contributed by atoms with van der Waals surface area (Å²) >= 11 is 0. The number of nitrogens with zero attached hydrogens (tertiary/aromatic N) is 5. The number of benzene rings is 4. The number of aryl methyl sites for hydroxylation is 2. The van der Waals surface area contributed by atoms with Gasteiger partial charge in [-0.3, -0.25) is 14.4 Å². The third-order valence-electron chi connectivity index (χ3n) is 8.30. The van der Waals surface area contributed by atoms with Crippen LogP contribution < -0.4 is 21.8 Å². The van der Waals surface area contributed by atoms with Crippen molar-refractivity contribution in [1.29, 1.82) is 5.26 Å². The van der Waals surface area contributed by atoms with Gasteiger partial charge < -0.3 is 20.8 Å². The molecule has 2 heterocycles. The molecule has 0 fully saturated rings. The fraction of sp³-hybridized carbons (Fsp3) is 0.122. The molecule has 288 valence electrons. The number of carboxylic acids is 2. The zero-order chi connectivity index (χ0) is 41.4. The van der Waals surface area contributed by atoms with Crippen molar-refractivity contribution < 1.29 is 33.4 Å². The molecule has 0 aliphatic rings. The van der Waals surface area contributed by atoms with E-state index >= 15 is 0 Å². The van der Waals surface area contributed by atoms with Crippen molar-refractivity contribution in [3.05, 3.63) is 152 Å². The highest BCUT2D eigenvalue weighted by Crippen LogP contribution is 2.30. The Balaban J connectivity index is 0.000000219. The summed E-state index contributed by atoms with van der Waals surface area (Å²) < 4.78 is 29.5. The van der Waals surface area contributed by atoms with Gasteiger partial charge in [-0.25, -0.2) is 27.7 Å². The van der Waals surface area contributed by atoms with Crippen molar-refractivity contribution in [2.75, 3.05) is 10.6 Å². The number of Topliss-reactive ketones (excluding diaryl/α,β-unsaturated/α-hetero) is 1. The summed E-state index contributed by atoms with van der Waals surface area (Å²) in [6.07, 6.45) is 0. The first-order valence-corrected chi connectivity index (χ1v) is 17.2. The molecule has 0 unspecified atom stereocenters. The Hall–Kier alpha value is -7.80. The average Bonchev–Trinajstić information content (AvgIpc) is 3.19. The number of carbonyl (C=O) groups is 3. The summed E-state index contributed by atoms with van der Waals surface area (Å²) in [7, 11) is 0. The molecule has 4 aromatic carbocycles. The Kier molecular flexibility index (Phi) is 12.4. The predicted molar refractivity (Wildman–Crippen MR) is 207 cm³/mol. The number of halogens is 2. The Morgan fingerprint density at radius 2 is 1.23 bits per heavy atom. The molecule has 57 heavy (non-hydrogen) atoms. The second-order valence-electron chi connectivity index (χ2n) is 12.2. The second-order valence-corrected chi connectivity index (χ2v) is 12.2. The lowest BCUT2D eigenvalue weighted by molar-refractivity contribution is 0.0686. The molecule has 0 radical (unpaired) electrons. The Labute approximate surface area is 322 Å². The molecule has 4 N–H and O–H groups in total. The van der Waals surface area contributed by atoms with Crippen LogP contribution >= 0.6 is 0 Å². The van der Waals surface area contributed by atoms with E-state index in [1.165, 1.54) is 29.8 Å². The largest absolute Gasteiger partial charge is 0.478 e. The maximum Gasteiger partial charge on any atom is 0.340 e. The van der Waals surface area contributed by atoms with Crippen LogP contribution in [0.25, 0.3) is 22.5 Å². The number of nitriles is 1. The number of hydrogen-bond donors (Lipinski definition) is 4. The molecule has 0 aliphatic carbocycles. The fourth-order valence-electron chi connectivity index (χ4n) is 5.73. The van der Waals surface area contributed by atoms with Gasteiger partial charge in [-0.2, -0.15) is 15.5 Å². The summed E-state index contributed by atoms with van der Waals surface area (Å²) in [6.45, 7) is 5.06. The molecule has 14 nitrogen and oxygen atoms in total. The number of aromatic carboxylic acids is 2. The smallest absolute Gasteiger partial charge is 0.340 e. The van der Waals surface area contributed by atoms with Crippen molar-refractivity contribution in [2.24, 2.45) is 0 Å². The van der Waals surface area contributed by atoms with Gasteiger partial charge in [-0.15, -0.1) is 0 Å². The number of aromatic nitrogens is 4. The normalized spacial score (nSPS) is 10.5. The Morgan fingerprint density at radius 3 is 1.77 bits per heavy atom. The molecule has 2 aromatic heterocycles. The highest BCUT2D eigenvalue weighted by atomic mass is 19.1. The Bertz CT molecular complexity index is 2670. The summed E-state index contributed by atoms with van der Waals surface area (Å²) in [5.74, 6) is -4.68. The van der Waals surface area contributed by atoms with Gasteiger partial charge >= 0.3 is 11.9 Å². The highest BCUT2D eigenvalue weighted by molar-refractivity contribution is 6.05. The van der Waals surface area contributed by atoms with Crippen LogP contribution in [0.3, 0.4) is 0 Å². The molecule has 0 saturated heterocycles. The maximum absolute atomic E-state index is 13.6. The molecule has 6 aromatic rings. The van der Waals surface area contributed by atoms with Gasteiger partial charge in [0.25, 0.3) is 11.1 Å². The minimum Gasteiger partial charge on any atom is -0.478 e. The molecule has 0 spiro atoms. The lowest BCUT2D eigenvalue weighted by Gasteiger charge is -2.16.